The number of benzene rings is 1. The Hall–Kier alpha value is -3.20. The molecule has 0 radical (unpaired) electrons. The van der Waals surface area contributed by atoms with Crippen LogP contribution in [0.15, 0.2) is 52.5 Å². The molecule has 138 valence electrons. The molecular formula is C18H17N5O3S. The van der Waals surface area contributed by atoms with Gasteiger partial charge in [0.1, 0.15) is 5.82 Å². The molecule has 27 heavy (non-hydrogen) atoms. The highest BCUT2D eigenvalue weighted by Crippen LogP contribution is 2.24. The van der Waals surface area contributed by atoms with Gasteiger partial charge in [-0.1, -0.05) is 23.9 Å². The average molecular weight is 383 g/mol. The van der Waals surface area contributed by atoms with Crippen LogP contribution in [0.2, 0.25) is 0 Å². The number of amides is 3. The van der Waals surface area contributed by atoms with Gasteiger partial charge in [0.05, 0.1) is 16.2 Å². The fourth-order valence-corrected chi connectivity index (χ4v) is 3.39. The Morgan fingerprint density at radius 2 is 2.00 bits per heavy atom. The fourth-order valence-electron chi connectivity index (χ4n) is 2.47. The number of carbonyl (C=O) groups excluding carboxylic acids is 2. The van der Waals surface area contributed by atoms with Crippen LogP contribution in [0.4, 0.5) is 4.79 Å². The van der Waals surface area contributed by atoms with E-state index in [1.54, 1.807) is 43.5 Å². The van der Waals surface area contributed by atoms with E-state index in [1.165, 1.54) is 4.57 Å². The number of rotatable bonds is 4. The highest BCUT2D eigenvalue weighted by atomic mass is 32.2. The minimum atomic E-state index is -0.934. The molecule has 0 aliphatic rings. The van der Waals surface area contributed by atoms with Crippen molar-refractivity contribution in [2.75, 3.05) is 0 Å². The molecule has 0 spiro atoms. The monoisotopic (exact) mass is 383 g/mol. The van der Waals surface area contributed by atoms with E-state index in [0.29, 0.717) is 21.9 Å². The molecule has 1 aromatic carbocycles. The van der Waals surface area contributed by atoms with E-state index in [0.717, 1.165) is 17.3 Å². The van der Waals surface area contributed by atoms with Crippen LogP contribution in [-0.2, 0) is 4.79 Å². The molecule has 3 amide bonds. The molecule has 0 bridgehead atoms. The Bertz CT molecular complexity index is 1100. The minimum absolute atomic E-state index is 0.288. The summed E-state index contributed by atoms with van der Waals surface area (Å²) in [5, 5.41) is 2.06. The second kappa shape index (κ2) is 7.58. The van der Waals surface area contributed by atoms with Gasteiger partial charge in [-0.05, 0) is 43.7 Å². The van der Waals surface area contributed by atoms with Crippen LogP contribution in [0.25, 0.3) is 16.7 Å². The zero-order valence-corrected chi connectivity index (χ0v) is 15.5. The molecule has 0 aliphatic heterocycles. The molecule has 2 aromatic heterocycles. The minimum Gasteiger partial charge on any atom is -0.351 e. The molecule has 9 heteroatoms. The molecular weight excluding hydrogens is 366 g/mol. The first-order valence-electron chi connectivity index (χ1n) is 8.08. The van der Waals surface area contributed by atoms with Gasteiger partial charge in [-0.3, -0.25) is 14.9 Å². The molecule has 8 nitrogen and oxygen atoms in total. The van der Waals surface area contributed by atoms with Gasteiger partial charge in [0.15, 0.2) is 5.16 Å². The largest absolute Gasteiger partial charge is 0.351 e. The number of para-hydroxylation sites is 1. The number of nitrogens with zero attached hydrogens (tertiary/aromatic N) is 3. The lowest BCUT2D eigenvalue weighted by Gasteiger charge is -2.15. The molecule has 0 aliphatic carbocycles. The molecule has 3 N–H and O–H groups in total. The lowest BCUT2D eigenvalue weighted by atomic mass is 10.2. The first-order chi connectivity index (χ1) is 12.9. The first-order valence-corrected chi connectivity index (χ1v) is 8.96. The normalized spacial score (nSPS) is 11.9. The molecule has 1 unspecified atom stereocenters. The average Bonchev–Trinajstić information content (AvgIpc) is 2.61. The van der Waals surface area contributed by atoms with Gasteiger partial charge in [-0.2, -0.15) is 0 Å². The third-order valence-electron chi connectivity index (χ3n) is 3.77. The van der Waals surface area contributed by atoms with Gasteiger partial charge in [0.2, 0.25) is 5.91 Å². The summed E-state index contributed by atoms with van der Waals surface area (Å²) in [7, 11) is 0. The van der Waals surface area contributed by atoms with Gasteiger partial charge in [-0.25, -0.2) is 19.3 Å². The number of thioether (sulfide) groups is 1. The van der Waals surface area contributed by atoms with Crippen LogP contribution in [0, 0.1) is 6.92 Å². The Morgan fingerprint density at radius 1 is 1.26 bits per heavy atom. The van der Waals surface area contributed by atoms with Crippen molar-refractivity contribution in [3.8, 4) is 5.82 Å². The number of aromatic nitrogens is 3. The maximum Gasteiger partial charge on any atom is 0.318 e. The summed E-state index contributed by atoms with van der Waals surface area (Å²) < 4.78 is 1.37. The third kappa shape index (κ3) is 3.98. The van der Waals surface area contributed by atoms with Crippen LogP contribution in [0.5, 0.6) is 0 Å². The predicted molar refractivity (Wildman–Crippen MR) is 103 cm³/mol. The van der Waals surface area contributed by atoms with E-state index in [2.05, 4.69) is 9.97 Å². The summed E-state index contributed by atoms with van der Waals surface area (Å²) in [6.45, 7) is 3.48. The highest BCUT2D eigenvalue weighted by Gasteiger charge is 2.21. The number of carbonyl (C=O) groups is 2. The van der Waals surface area contributed by atoms with Gasteiger partial charge >= 0.3 is 6.03 Å². The lowest BCUT2D eigenvalue weighted by molar-refractivity contribution is -0.119. The number of nitrogens with one attached hydrogen (secondary N) is 1. The Balaban J connectivity index is 2.15. The summed E-state index contributed by atoms with van der Waals surface area (Å²) >= 11 is 1.04. The third-order valence-corrected chi connectivity index (χ3v) is 4.83. The van der Waals surface area contributed by atoms with Crippen molar-refractivity contribution < 1.29 is 9.59 Å². The zero-order chi connectivity index (χ0) is 19.6. The standard InChI is InChI=1S/C18H17N5O3S/c1-10-7-8-20-14(9-10)23-16(25)12-5-3-4-6-13(12)21-18(23)27-11(2)15(24)22-17(19)26/h3-9,11H,1-2H3,(H3,19,22,24,26). The number of urea groups is 1. The van der Waals surface area contributed by atoms with Crippen LogP contribution >= 0.6 is 11.8 Å². The number of fused-ring (bicyclic) bond motifs is 1. The van der Waals surface area contributed by atoms with Gasteiger partial charge < -0.3 is 5.73 Å². The van der Waals surface area contributed by atoms with E-state index in [1.807, 2.05) is 18.3 Å². The van der Waals surface area contributed by atoms with Crippen LogP contribution < -0.4 is 16.6 Å². The van der Waals surface area contributed by atoms with E-state index < -0.39 is 17.2 Å². The second-order valence-corrected chi connectivity index (χ2v) is 7.17. The maximum absolute atomic E-state index is 13.1. The number of hydrogen-bond donors (Lipinski definition) is 2. The Morgan fingerprint density at radius 3 is 2.70 bits per heavy atom. The molecule has 0 fully saturated rings. The van der Waals surface area contributed by atoms with Crippen molar-refractivity contribution >= 4 is 34.6 Å². The molecule has 0 saturated carbocycles. The van der Waals surface area contributed by atoms with E-state index in [-0.39, 0.29) is 5.56 Å². The molecule has 2 heterocycles. The quantitative estimate of drug-likeness (QED) is 0.523. The van der Waals surface area contributed by atoms with Crippen LogP contribution in [-0.4, -0.2) is 31.7 Å². The fraction of sp³-hybridized carbons (Fsp3) is 0.167. The van der Waals surface area contributed by atoms with E-state index >= 15 is 0 Å². The summed E-state index contributed by atoms with van der Waals surface area (Å²) in [6.07, 6.45) is 1.60. The van der Waals surface area contributed by atoms with Crippen molar-refractivity contribution in [3.05, 3.63) is 58.5 Å². The topological polar surface area (TPSA) is 120 Å². The van der Waals surface area contributed by atoms with Crippen LogP contribution in [0.3, 0.4) is 0 Å². The van der Waals surface area contributed by atoms with Crippen molar-refractivity contribution in [2.45, 2.75) is 24.3 Å². The first kappa shape index (κ1) is 18.6. The Labute approximate surface area is 158 Å². The molecule has 1 atom stereocenters. The highest BCUT2D eigenvalue weighted by molar-refractivity contribution is 8.00. The lowest BCUT2D eigenvalue weighted by Crippen LogP contribution is -2.39. The summed E-state index contributed by atoms with van der Waals surface area (Å²) in [5.74, 6) is -0.165. The molecule has 0 saturated heterocycles. The van der Waals surface area contributed by atoms with Gasteiger partial charge in [-0.15, -0.1) is 0 Å². The number of hydrogen-bond acceptors (Lipinski definition) is 6. The predicted octanol–water partition coefficient (Wildman–Crippen LogP) is 1.76. The summed E-state index contributed by atoms with van der Waals surface area (Å²) in [5.41, 5.74) is 6.15. The molecule has 3 rings (SSSR count). The van der Waals surface area contributed by atoms with Crippen LogP contribution in [0.1, 0.15) is 12.5 Å². The van der Waals surface area contributed by atoms with Crippen molar-refractivity contribution in [3.63, 3.8) is 0 Å². The van der Waals surface area contributed by atoms with Crippen molar-refractivity contribution in [1.82, 2.24) is 19.9 Å². The zero-order valence-electron chi connectivity index (χ0n) is 14.7. The number of primary amides is 1. The Kier molecular flexibility index (Phi) is 5.22. The molecule has 3 aromatic rings. The van der Waals surface area contributed by atoms with Crippen molar-refractivity contribution in [1.29, 1.82) is 0 Å². The van der Waals surface area contributed by atoms with E-state index in [9.17, 15) is 14.4 Å². The maximum atomic E-state index is 13.1. The summed E-state index contributed by atoms with van der Waals surface area (Å²) in [4.78, 5) is 44.9. The summed E-state index contributed by atoms with van der Waals surface area (Å²) in [6, 6.07) is 9.60. The number of aryl methyl sites for hydroxylation is 1. The number of nitrogens with two attached hydrogens (primary N) is 1. The smallest absolute Gasteiger partial charge is 0.318 e. The SMILES string of the molecule is Cc1ccnc(-n2c(SC(C)C(=O)NC(N)=O)nc3ccccc3c2=O)c1. The number of imide groups is 1. The second-order valence-electron chi connectivity index (χ2n) is 5.86. The van der Waals surface area contributed by atoms with Gasteiger partial charge in [0, 0.05) is 6.20 Å². The van der Waals surface area contributed by atoms with Crippen molar-refractivity contribution in [2.24, 2.45) is 5.73 Å². The van der Waals surface area contributed by atoms with Gasteiger partial charge in [0.25, 0.3) is 5.56 Å². The van der Waals surface area contributed by atoms with E-state index in [4.69, 9.17) is 5.73 Å². The number of pyridine rings is 1.